The van der Waals surface area contributed by atoms with Gasteiger partial charge in [0.05, 0.1) is 10.6 Å². The first kappa shape index (κ1) is 9.56. The molecule has 0 bridgehead atoms. The molecule has 16 heavy (non-hydrogen) atoms. The molecule has 0 radical (unpaired) electrons. The number of rotatable bonds is 2. The predicted octanol–water partition coefficient (Wildman–Crippen LogP) is 2.22. The molecular formula is C10H7N3OS2. The van der Waals surface area contributed by atoms with Crippen molar-refractivity contribution >= 4 is 33.5 Å². The van der Waals surface area contributed by atoms with E-state index in [1.165, 1.54) is 11.3 Å². The van der Waals surface area contributed by atoms with Gasteiger partial charge in [0.15, 0.2) is 4.96 Å². The minimum Gasteiger partial charge on any atom is -0.364 e. The fourth-order valence-corrected chi connectivity index (χ4v) is 3.19. The van der Waals surface area contributed by atoms with E-state index >= 15 is 0 Å². The molecular weight excluding hydrogens is 242 g/mol. The standard InChI is InChI=1S/C10H7N3OS2/c11-9(14)6-4-13-7(5-16-10(13)12-6)8-2-1-3-15-8/h1-5H,(H2,11,14). The fraction of sp³-hybridized carbons (Fsp3) is 0. The summed E-state index contributed by atoms with van der Waals surface area (Å²) in [5, 5.41) is 4.05. The number of carbonyl (C=O) groups excluding carboxylic acids is 1. The molecule has 1 amide bonds. The third-order valence-electron chi connectivity index (χ3n) is 2.24. The Hall–Kier alpha value is -1.66. The van der Waals surface area contributed by atoms with E-state index in [4.69, 9.17) is 5.73 Å². The lowest BCUT2D eigenvalue weighted by atomic mass is 10.4. The lowest BCUT2D eigenvalue weighted by Gasteiger charge is -1.92. The van der Waals surface area contributed by atoms with Gasteiger partial charge in [-0.3, -0.25) is 9.20 Å². The van der Waals surface area contributed by atoms with Gasteiger partial charge in [-0.2, -0.15) is 0 Å². The van der Waals surface area contributed by atoms with Crippen molar-refractivity contribution in [2.24, 2.45) is 5.73 Å². The highest BCUT2D eigenvalue weighted by molar-refractivity contribution is 7.16. The van der Waals surface area contributed by atoms with Crippen molar-refractivity contribution in [3.05, 3.63) is 34.8 Å². The number of thiazole rings is 1. The van der Waals surface area contributed by atoms with E-state index in [2.05, 4.69) is 4.98 Å². The average molecular weight is 249 g/mol. The largest absolute Gasteiger partial charge is 0.364 e. The summed E-state index contributed by atoms with van der Waals surface area (Å²) >= 11 is 3.16. The molecule has 0 aliphatic heterocycles. The number of primary amides is 1. The van der Waals surface area contributed by atoms with Gasteiger partial charge in [0.2, 0.25) is 0 Å². The van der Waals surface area contributed by atoms with Crippen LogP contribution < -0.4 is 5.73 Å². The minimum absolute atomic E-state index is 0.310. The quantitative estimate of drug-likeness (QED) is 0.757. The van der Waals surface area contributed by atoms with Crippen LogP contribution in [-0.4, -0.2) is 15.3 Å². The topological polar surface area (TPSA) is 60.4 Å². The van der Waals surface area contributed by atoms with Gasteiger partial charge in [-0.05, 0) is 11.4 Å². The number of nitrogens with two attached hydrogens (primary N) is 1. The Labute approximate surface area is 99.0 Å². The van der Waals surface area contributed by atoms with E-state index < -0.39 is 5.91 Å². The first-order chi connectivity index (χ1) is 7.75. The zero-order valence-electron chi connectivity index (χ0n) is 8.08. The van der Waals surface area contributed by atoms with Crippen molar-refractivity contribution in [3.63, 3.8) is 0 Å². The van der Waals surface area contributed by atoms with Gasteiger partial charge in [-0.15, -0.1) is 22.7 Å². The summed E-state index contributed by atoms with van der Waals surface area (Å²) in [5.41, 5.74) is 6.56. The molecule has 0 saturated carbocycles. The zero-order chi connectivity index (χ0) is 11.1. The SMILES string of the molecule is NC(=O)c1cn2c(-c3cccs3)csc2n1. The monoisotopic (exact) mass is 249 g/mol. The van der Waals surface area contributed by atoms with Gasteiger partial charge in [0.25, 0.3) is 5.91 Å². The number of fused-ring (bicyclic) bond motifs is 1. The van der Waals surface area contributed by atoms with Crippen LogP contribution in [0.3, 0.4) is 0 Å². The number of hydrogen-bond donors (Lipinski definition) is 1. The van der Waals surface area contributed by atoms with Crippen molar-refractivity contribution < 1.29 is 4.79 Å². The summed E-state index contributed by atoms with van der Waals surface area (Å²) < 4.78 is 1.90. The lowest BCUT2D eigenvalue weighted by Crippen LogP contribution is -2.10. The second-order valence-electron chi connectivity index (χ2n) is 3.24. The van der Waals surface area contributed by atoms with Gasteiger partial charge >= 0.3 is 0 Å². The summed E-state index contributed by atoms with van der Waals surface area (Å²) in [6, 6.07) is 4.03. The maximum atomic E-state index is 11.0. The van der Waals surface area contributed by atoms with Gasteiger partial charge < -0.3 is 5.73 Å². The molecule has 0 saturated heterocycles. The maximum absolute atomic E-state index is 11.0. The highest BCUT2D eigenvalue weighted by Gasteiger charge is 2.12. The Morgan fingerprint density at radius 2 is 2.31 bits per heavy atom. The molecule has 3 aromatic heterocycles. The van der Waals surface area contributed by atoms with E-state index in [0.717, 1.165) is 15.5 Å². The molecule has 4 nitrogen and oxygen atoms in total. The Bertz CT molecular complexity index is 651. The number of amides is 1. The van der Waals surface area contributed by atoms with Crippen molar-refractivity contribution in [1.82, 2.24) is 9.38 Å². The van der Waals surface area contributed by atoms with Crippen LogP contribution in [0.15, 0.2) is 29.1 Å². The third-order valence-corrected chi connectivity index (χ3v) is 3.97. The summed E-state index contributed by atoms with van der Waals surface area (Å²) in [6.45, 7) is 0. The molecule has 80 valence electrons. The summed E-state index contributed by atoms with van der Waals surface area (Å²) in [4.78, 5) is 17.1. The van der Waals surface area contributed by atoms with Crippen molar-refractivity contribution in [2.45, 2.75) is 0 Å². The zero-order valence-corrected chi connectivity index (χ0v) is 9.72. The van der Waals surface area contributed by atoms with Crippen LogP contribution in [0.25, 0.3) is 15.5 Å². The van der Waals surface area contributed by atoms with E-state index in [1.54, 1.807) is 17.5 Å². The van der Waals surface area contributed by atoms with Crippen molar-refractivity contribution in [3.8, 4) is 10.6 Å². The lowest BCUT2D eigenvalue weighted by molar-refractivity contribution is 0.0996. The molecule has 0 unspecified atom stereocenters. The van der Waals surface area contributed by atoms with Gasteiger partial charge in [0, 0.05) is 11.6 Å². The molecule has 3 heterocycles. The number of nitrogens with zero attached hydrogens (tertiary/aromatic N) is 2. The normalized spacial score (nSPS) is 11.0. The number of hydrogen-bond acceptors (Lipinski definition) is 4. The molecule has 3 rings (SSSR count). The van der Waals surface area contributed by atoms with E-state index in [0.29, 0.717) is 5.69 Å². The van der Waals surface area contributed by atoms with Crippen LogP contribution >= 0.6 is 22.7 Å². The number of imidazole rings is 1. The summed E-state index contributed by atoms with van der Waals surface area (Å²) in [5.74, 6) is -0.493. The summed E-state index contributed by atoms with van der Waals surface area (Å²) in [6.07, 6.45) is 1.68. The average Bonchev–Trinajstić information content (AvgIpc) is 2.92. The van der Waals surface area contributed by atoms with Gasteiger partial charge in [0.1, 0.15) is 5.69 Å². The molecule has 0 aromatic carbocycles. The van der Waals surface area contributed by atoms with Crippen LogP contribution in [0, 0.1) is 0 Å². The van der Waals surface area contributed by atoms with E-state index in [1.807, 2.05) is 27.3 Å². The van der Waals surface area contributed by atoms with Crippen LogP contribution in [0.2, 0.25) is 0 Å². The van der Waals surface area contributed by atoms with E-state index in [9.17, 15) is 4.79 Å². The van der Waals surface area contributed by atoms with E-state index in [-0.39, 0.29) is 0 Å². The Morgan fingerprint density at radius 1 is 1.44 bits per heavy atom. The third kappa shape index (κ3) is 1.35. The Morgan fingerprint density at radius 3 is 3.00 bits per heavy atom. The number of aromatic nitrogens is 2. The van der Waals surface area contributed by atoms with Crippen LogP contribution in [0.4, 0.5) is 0 Å². The molecule has 3 aromatic rings. The smallest absolute Gasteiger partial charge is 0.268 e. The van der Waals surface area contributed by atoms with Crippen LogP contribution in [0.1, 0.15) is 10.5 Å². The minimum atomic E-state index is -0.493. The van der Waals surface area contributed by atoms with Gasteiger partial charge in [-0.25, -0.2) is 4.98 Å². The predicted molar refractivity (Wildman–Crippen MR) is 64.9 cm³/mol. The molecule has 0 aliphatic rings. The van der Waals surface area contributed by atoms with Crippen LogP contribution in [0.5, 0.6) is 0 Å². The highest BCUT2D eigenvalue weighted by atomic mass is 32.1. The number of thiophene rings is 1. The fourth-order valence-electron chi connectivity index (χ4n) is 1.50. The second-order valence-corrected chi connectivity index (χ2v) is 5.03. The molecule has 2 N–H and O–H groups in total. The highest BCUT2D eigenvalue weighted by Crippen LogP contribution is 2.29. The number of carbonyl (C=O) groups is 1. The Balaban J connectivity index is 2.23. The first-order valence-corrected chi connectivity index (χ1v) is 6.32. The second kappa shape index (κ2) is 3.43. The van der Waals surface area contributed by atoms with Crippen molar-refractivity contribution in [2.75, 3.05) is 0 Å². The van der Waals surface area contributed by atoms with Gasteiger partial charge in [-0.1, -0.05) is 6.07 Å². The van der Waals surface area contributed by atoms with Crippen LogP contribution in [-0.2, 0) is 0 Å². The first-order valence-electron chi connectivity index (χ1n) is 4.56. The van der Waals surface area contributed by atoms with Crippen molar-refractivity contribution in [1.29, 1.82) is 0 Å². The molecule has 0 spiro atoms. The molecule has 0 atom stereocenters. The maximum Gasteiger partial charge on any atom is 0.268 e. The molecule has 6 heteroatoms. The molecule has 0 aliphatic carbocycles. The Kier molecular flexibility index (Phi) is 2.05. The molecule has 0 fully saturated rings. The summed E-state index contributed by atoms with van der Waals surface area (Å²) in [7, 11) is 0.